The van der Waals surface area contributed by atoms with Gasteiger partial charge in [-0.3, -0.25) is 14.6 Å². The van der Waals surface area contributed by atoms with Gasteiger partial charge in [-0.25, -0.2) is 0 Å². The third kappa shape index (κ3) is 3.21. The van der Waals surface area contributed by atoms with Crippen molar-refractivity contribution in [3.05, 3.63) is 76.5 Å². The molecule has 3 aromatic rings. The van der Waals surface area contributed by atoms with Crippen LogP contribution in [0.25, 0.3) is 22.4 Å². The van der Waals surface area contributed by atoms with Crippen molar-refractivity contribution in [2.75, 3.05) is 7.05 Å². The van der Waals surface area contributed by atoms with Gasteiger partial charge in [0.1, 0.15) is 6.29 Å². The number of aryl methyl sites for hydroxylation is 1. The molecular formula is C23H21N3O2. The van der Waals surface area contributed by atoms with E-state index in [0.717, 1.165) is 51.1 Å². The molecule has 0 bridgehead atoms. The van der Waals surface area contributed by atoms with Gasteiger partial charge in [-0.05, 0) is 48.9 Å². The summed E-state index contributed by atoms with van der Waals surface area (Å²) < 4.78 is 0. The first-order valence-corrected chi connectivity index (χ1v) is 9.23. The van der Waals surface area contributed by atoms with Crippen LogP contribution in [0.3, 0.4) is 0 Å². The maximum atomic E-state index is 11.9. The van der Waals surface area contributed by atoms with E-state index in [0.29, 0.717) is 18.7 Å². The highest BCUT2D eigenvalue weighted by Gasteiger charge is 2.19. The minimum atomic E-state index is -0.0340. The van der Waals surface area contributed by atoms with E-state index in [1.807, 2.05) is 62.5 Å². The lowest BCUT2D eigenvalue weighted by atomic mass is 9.97. The highest BCUT2D eigenvalue weighted by Crippen LogP contribution is 2.29. The van der Waals surface area contributed by atoms with Crippen LogP contribution < -0.4 is 10.6 Å². The highest BCUT2D eigenvalue weighted by molar-refractivity contribution is 5.99. The molecule has 0 fully saturated rings. The normalized spacial score (nSPS) is 12.6. The first-order chi connectivity index (χ1) is 13.6. The second kappa shape index (κ2) is 7.37. The van der Waals surface area contributed by atoms with Crippen molar-refractivity contribution in [1.29, 1.82) is 0 Å². The monoisotopic (exact) mass is 371 g/mol. The van der Waals surface area contributed by atoms with Crippen molar-refractivity contribution < 1.29 is 9.59 Å². The van der Waals surface area contributed by atoms with Crippen LogP contribution in [0.15, 0.2) is 48.5 Å². The zero-order chi connectivity index (χ0) is 19.7. The first kappa shape index (κ1) is 18.1. The standard InChI is InChI=1S/C23H21N3O2/c1-14-20(15-3-5-17(11-24-2)19(9-15)13-27)7-8-22(26-14)16-4-6-18-12-25-23(28)21(18)10-16/h3-10,13,24H,11-12H2,1-2H3,(H,25,28). The molecule has 0 saturated carbocycles. The molecule has 1 aliphatic heterocycles. The minimum Gasteiger partial charge on any atom is -0.348 e. The molecule has 5 nitrogen and oxygen atoms in total. The quantitative estimate of drug-likeness (QED) is 0.674. The molecule has 0 saturated heterocycles. The average molecular weight is 371 g/mol. The number of hydrogen-bond acceptors (Lipinski definition) is 4. The van der Waals surface area contributed by atoms with Crippen LogP contribution in [0, 0.1) is 6.92 Å². The van der Waals surface area contributed by atoms with E-state index in [1.54, 1.807) is 0 Å². The Morgan fingerprint density at radius 3 is 2.64 bits per heavy atom. The van der Waals surface area contributed by atoms with Crippen molar-refractivity contribution in [2.45, 2.75) is 20.0 Å². The predicted molar refractivity (Wildman–Crippen MR) is 109 cm³/mol. The number of carbonyl (C=O) groups is 2. The molecule has 0 aliphatic carbocycles. The van der Waals surface area contributed by atoms with Crippen LogP contribution in [0.5, 0.6) is 0 Å². The molecule has 28 heavy (non-hydrogen) atoms. The van der Waals surface area contributed by atoms with Gasteiger partial charge in [-0.2, -0.15) is 0 Å². The summed E-state index contributed by atoms with van der Waals surface area (Å²) in [6, 6.07) is 15.7. The van der Waals surface area contributed by atoms with Gasteiger partial charge >= 0.3 is 0 Å². The molecule has 2 N–H and O–H groups in total. The molecule has 0 unspecified atom stereocenters. The number of rotatable bonds is 5. The number of fused-ring (bicyclic) bond motifs is 1. The first-order valence-electron chi connectivity index (χ1n) is 9.23. The lowest BCUT2D eigenvalue weighted by Crippen LogP contribution is -2.12. The van der Waals surface area contributed by atoms with E-state index in [9.17, 15) is 9.59 Å². The molecule has 0 atom stereocenters. The van der Waals surface area contributed by atoms with Gasteiger partial charge in [0.25, 0.3) is 5.91 Å². The Bertz CT molecular complexity index is 1090. The van der Waals surface area contributed by atoms with Crippen molar-refractivity contribution in [3.8, 4) is 22.4 Å². The van der Waals surface area contributed by atoms with Crippen LogP contribution >= 0.6 is 0 Å². The Labute approximate surface area is 163 Å². The Morgan fingerprint density at radius 1 is 1.07 bits per heavy atom. The zero-order valence-corrected chi connectivity index (χ0v) is 15.9. The lowest BCUT2D eigenvalue weighted by molar-refractivity contribution is 0.0965. The maximum absolute atomic E-state index is 11.9. The Kier molecular flexibility index (Phi) is 4.75. The van der Waals surface area contributed by atoms with E-state index in [1.165, 1.54) is 0 Å². The number of benzene rings is 2. The van der Waals surface area contributed by atoms with E-state index in [2.05, 4.69) is 10.6 Å². The minimum absolute atomic E-state index is 0.0340. The van der Waals surface area contributed by atoms with Crippen molar-refractivity contribution in [3.63, 3.8) is 0 Å². The van der Waals surface area contributed by atoms with Crippen LogP contribution in [-0.4, -0.2) is 24.2 Å². The number of carbonyl (C=O) groups excluding carboxylic acids is 2. The maximum Gasteiger partial charge on any atom is 0.251 e. The zero-order valence-electron chi connectivity index (χ0n) is 15.9. The SMILES string of the molecule is CNCc1ccc(-c2ccc(-c3ccc4c(c3)C(=O)NC4)nc2C)cc1C=O. The summed E-state index contributed by atoms with van der Waals surface area (Å²) in [5.74, 6) is -0.0340. The average Bonchev–Trinajstić information content (AvgIpc) is 3.09. The molecule has 4 rings (SSSR count). The summed E-state index contributed by atoms with van der Waals surface area (Å²) in [7, 11) is 1.86. The van der Waals surface area contributed by atoms with Gasteiger partial charge in [0.2, 0.25) is 0 Å². The number of aldehydes is 1. The molecule has 2 heterocycles. The molecular weight excluding hydrogens is 350 g/mol. The van der Waals surface area contributed by atoms with Gasteiger partial charge in [0.15, 0.2) is 0 Å². The van der Waals surface area contributed by atoms with Crippen molar-refractivity contribution in [2.24, 2.45) is 0 Å². The summed E-state index contributed by atoms with van der Waals surface area (Å²) in [6.07, 6.45) is 0.892. The predicted octanol–water partition coefficient (Wildman–Crippen LogP) is 3.50. The van der Waals surface area contributed by atoms with Gasteiger partial charge in [0.05, 0.1) is 5.69 Å². The summed E-state index contributed by atoms with van der Waals surface area (Å²) in [6.45, 7) is 3.19. The number of hydrogen-bond donors (Lipinski definition) is 2. The summed E-state index contributed by atoms with van der Waals surface area (Å²) >= 11 is 0. The third-order valence-corrected chi connectivity index (χ3v) is 5.13. The van der Waals surface area contributed by atoms with E-state index in [-0.39, 0.29) is 5.91 Å². The smallest absolute Gasteiger partial charge is 0.251 e. The topological polar surface area (TPSA) is 71.1 Å². The number of amides is 1. The fraction of sp³-hybridized carbons (Fsp3) is 0.174. The van der Waals surface area contributed by atoms with Crippen LogP contribution in [0.2, 0.25) is 0 Å². The second-order valence-corrected chi connectivity index (χ2v) is 6.95. The van der Waals surface area contributed by atoms with Crippen LogP contribution in [0.4, 0.5) is 0 Å². The van der Waals surface area contributed by atoms with Gasteiger partial charge < -0.3 is 10.6 Å². The number of pyridine rings is 1. The molecule has 1 amide bonds. The molecule has 2 aromatic carbocycles. The highest BCUT2D eigenvalue weighted by atomic mass is 16.1. The van der Waals surface area contributed by atoms with Crippen molar-refractivity contribution >= 4 is 12.2 Å². The van der Waals surface area contributed by atoms with Crippen LogP contribution in [-0.2, 0) is 13.1 Å². The molecule has 1 aromatic heterocycles. The Morgan fingerprint density at radius 2 is 1.89 bits per heavy atom. The largest absolute Gasteiger partial charge is 0.348 e. The Hall–Kier alpha value is -3.31. The Balaban J connectivity index is 1.70. The fourth-order valence-electron chi connectivity index (χ4n) is 3.62. The molecule has 5 heteroatoms. The number of aromatic nitrogens is 1. The molecule has 140 valence electrons. The van der Waals surface area contributed by atoms with Crippen molar-refractivity contribution in [1.82, 2.24) is 15.6 Å². The van der Waals surface area contributed by atoms with Gasteiger partial charge in [0, 0.05) is 41.0 Å². The summed E-state index contributed by atoms with van der Waals surface area (Å²) in [5, 5.41) is 5.91. The summed E-state index contributed by atoms with van der Waals surface area (Å²) in [4.78, 5) is 28.1. The summed E-state index contributed by atoms with van der Waals surface area (Å²) in [5.41, 5.74) is 7.96. The number of nitrogens with zero attached hydrogens (tertiary/aromatic N) is 1. The van der Waals surface area contributed by atoms with E-state index in [4.69, 9.17) is 4.98 Å². The van der Waals surface area contributed by atoms with Gasteiger partial charge in [-0.1, -0.05) is 30.3 Å². The molecule has 0 spiro atoms. The number of nitrogens with one attached hydrogen (secondary N) is 2. The lowest BCUT2D eigenvalue weighted by Gasteiger charge is -2.11. The second-order valence-electron chi connectivity index (χ2n) is 6.95. The van der Waals surface area contributed by atoms with Crippen LogP contribution in [0.1, 0.15) is 37.5 Å². The van der Waals surface area contributed by atoms with E-state index >= 15 is 0 Å². The molecule has 0 radical (unpaired) electrons. The fourth-order valence-corrected chi connectivity index (χ4v) is 3.62. The molecule has 1 aliphatic rings. The van der Waals surface area contributed by atoms with E-state index < -0.39 is 0 Å². The van der Waals surface area contributed by atoms with Gasteiger partial charge in [-0.15, -0.1) is 0 Å². The third-order valence-electron chi connectivity index (χ3n) is 5.13.